The molecule has 0 unspecified atom stereocenters. The largest absolute Gasteiger partial charge is 0.383 e. The Morgan fingerprint density at radius 1 is 1.35 bits per heavy atom. The summed E-state index contributed by atoms with van der Waals surface area (Å²) < 4.78 is 0. The molecule has 0 bridgehead atoms. The van der Waals surface area contributed by atoms with E-state index in [1.165, 1.54) is 4.88 Å². The fraction of sp³-hybridized carbons (Fsp3) is 0.167. The molecule has 2 N–H and O–H groups in total. The van der Waals surface area contributed by atoms with Crippen LogP contribution in [0.3, 0.4) is 0 Å². The van der Waals surface area contributed by atoms with E-state index in [0.29, 0.717) is 5.82 Å². The van der Waals surface area contributed by atoms with E-state index in [-0.39, 0.29) is 0 Å². The predicted octanol–water partition coefficient (Wildman–Crippen LogP) is 3.56. The molecule has 5 heteroatoms. The maximum atomic E-state index is 5.99. The van der Waals surface area contributed by atoms with Gasteiger partial charge in [0.15, 0.2) is 5.82 Å². The smallest absolute Gasteiger partial charge is 0.163 e. The fourth-order valence-electron chi connectivity index (χ4n) is 1.69. The van der Waals surface area contributed by atoms with Gasteiger partial charge >= 0.3 is 0 Å². The molecular weight excluding hydrogens is 250 g/mol. The van der Waals surface area contributed by atoms with Crippen LogP contribution in [0.5, 0.6) is 0 Å². The van der Waals surface area contributed by atoms with E-state index in [4.69, 9.17) is 5.73 Å². The highest BCUT2D eigenvalue weighted by molar-refractivity contribution is 7.18. The molecule has 3 rings (SSSR count). The lowest BCUT2D eigenvalue weighted by Crippen LogP contribution is -1.95. The minimum absolute atomic E-state index is 0.576. The molecule has 0 saturated heterocycles. The number of anilines is 1. The van der Waals surface area contributed by atoms with Crippen LogP contribution < -0.4 is 5.73 Å². The molecule has 0 fully saturated rings. The second-order valence-electron chi connectivity index (χ2n) is 3.73. The molecule has 0 atom stereocenters. The summed E-state index contributed by atoms with van der Waals surface area (Å²) in [6.45, 7) is 2.13. The molecular formula is C12H11N3S2. The van der Waals surface area contributed by atoms with Gasteiger partial charge in [0.25, 0.3) is 0 Å². The molecule has 3 aromatic heterocycles. The van der Waals surface area contributed by atoms with Crippen LogP contribution in [0.4, 0.5) is 5.82 Å². The first-order valence-electron chi connectivity index (χ1n) is 5.36. The van der Waals surface area contributed by atoms with Gasteiger partial charge in [-0.25, -0.2) is 9.97 Å². The topological polar surface area (TPSA) is 51.8 Å². The Morgan fingerprint density at radius 2 is 2.24 bits per heavy atom. The van der Waals surface area contributed by atoms with Crippen molar-refractivity contribution in [1.29, 1.82) is 0 Å². The summed E-state index contributed by atoms with van der Waals surface area (Å²) in [5.41, 5.74) is 7.03. The molecule has 0 spiro atoms. The highest BCUT2D eigenvalue weighted by atomic mass is 32.1. The summed E-state index contributed by atoms with van der Waals surface area (Å²) in [7, 11) is 0. The van der Waals surface area contributed by atoms with Crippen molar-refractivity contribution in [2.45, 2.75) is 13.3 Å². The number of nitrogens with two attached hydrogens (primary N) is 1. The zero-order valence-electron chi connectivity index (χ0n) is 9.30. The van der Waals surface area contributed by atoms with E-state index in [2.05, 4.69) is 23.0 Å². The maximum Gasteiger partial charge on any atom is 0.163 e. The number of hydrogen-bond acceptors (Lipinski definition) is 5. The summed E-state index contributed by atoms with van der Waals surface area (Å²) in [5, 5.41) is 5.03. The lowest BCUT2D eigenvalue weighted by molar-refractivity contribution is 1.19. The van der Waals surface area contributed by atoms with Gasteiger partial charge in [0.05, 0.1) is 5.39 Å². The molecule has 3 heterocycles. The third-order valence-electron chi connectivity index (χ3n) is 2.60. The van der Waals surface area contributed by atoms with Crippen molar-refractivity contribution < 1.29 is 0 Å². The van der Waals surface area contributed by atoms with Crippen molar-refractivity contribution in [1.82, 2.24) is 9.97 Å². The summed E-state index contributed by atoms with van der Waals surface area (Å²) in [6, 6.07) is 4.10. The molecule has 0 saturated carbocycles. The molecule has 0 aliphatic carbocycles. The number of nitrogens with zero attached hydrogens (tertiary/aromatic N) is 2. The van der Waals surface area contributed by atoms with E-state index in [9.17, 15) is 0 Å². The van der Waals surface area contributed by atoms with Crippen molar-refractivity contribution in [2.75, 3.05) is 5.73 Å². The zero-order valence-corrected chi connectivity index (χ0v) is 10.9. The minimum atomic E-state index is 0.576. The van der Waals surface area contributed by atoms with E-state index < -0.39 is 0 Å². The maximum absolute atomic E-state index is 5.99. The monoisotopic (exact) mass is 261 g/mol. The van der Waals surface area contributed by atoms with Gasteiger partial charge in [0, 0.05) is 15.8 Å². The molecule has 86 valence electrons. The number of aromatic nitrogens is 2. The average Bonchev–Trinajstić information content (AvgIpc) is 2.97. The number of thiophene rings is 2. The first kappa shape index (κ1) is 10.7. The number of rotatable bonds is 2. The average molecular weight is 261 g/mol. The van der Waals surface area contributed by atoms with Crippen molar-refractivity contribution in [3.8, 4) is 11.4 Å². The van der Waals surface area contributed by atoms with Crippen molar-refractivity contribution in [3.63, 3.8) is 0 Å². The summed E-state index contributed by atoms with van der Waals surface area (Å²) >= 11 is 3.33. The minimum Gasteiger partial charge on any atom is -0.383 e. The van der Waals surface area contributed by atoms with E-state index in [0.717, 1.165) is 28.0 Å². The van der Waals surface area contributed by atoms with Crippen LogP contribution >= 0.6 is 22.7 Å². The molecule has 17 heavy (non-hydrogen) atoms. The SMILES string of the molecule is CCc1cc2c(N)nc(-c3ccsc3)nc2s1. The Labute approximate surface area is 107 Å². The van der Waals surface area contributed by atoms with Crippen LogP contribution in [0, 0.1) is 0 Å². The van der Waals surface area contributed by atoms with Crippen molar-refractivity contribution in [3.05, 3.63) is 27.8 Å². The quantitative estimate of drug-likeness (QED) is 0.767. The molecule has 0 aromatic carbocycles. The summed E-state index contributed by atoms with van der Waals surface area (Å²) in [6.07, 6.45) is 1.01. The van der Waals surface area contributed by atoms with Gasteiger partial charge in [-0.05, 0) is 23.9 Å². The van der Waals surface area contributed by atoms with Crippen molar-refractivity contribution in [2.24, 2.45) is 0 Å². The lowest BCUT2D eigenvalue weighted by Gasteiger charge is -1.99. The molecule has 3 aromatic rings. The number of nitrogen functional groups attached to an aromatic ring is 1. The second-order valence-corrected chi connectivity index (χ2v) is 5.62. The highest BCUT2D eigenvalue weighted by Gasteiger charge is 2.10. The van der Waals surface area contributed by atoms with Gasteiger partial charge in [-0.1, -0.05) is 6.92 Å². The van der Waals surface area contributed by atoms with E-state index >= 15 is 0 Å². The van der Waals surface area contributed by atoms with Crippen LogP contribution in [0.1, 0.15) is 11.8 Å². The molecule has 0 aliphatic heterocycles. The lowest BCUT2D eigenvalue weighted by atomic mass is 10.3. The Kier molecular flexibility index (Phi) is 2.57. The van der Waals surface area contributed by atoms with Gasteiger partial charge in [0.1, 0.15) is 10.6 Å². The Hall–Kier alpha value is -1.46. The van der Waals surface area contributed by atoms with Crippen LogP contribution in [0.15, 0.2) is 22.9 Å². The third kappa shape index (κ3) is 1.81. The Balaban J connectivity index is 2.23. The molecule has 0 aliphatic rings. The Morgan fingerprint density at radius 3 is 2.94 bits per heavy atom. The normalized spacial score (nSPS) is 11.1. The van der Waals surface area contributed by atoms with Gasteiger partial charge in [0.2, 0.25) is 0 Å². The number of hydrogen-bond donors (Lipinski definition) is 1. The number of fused-ring (bicyclic) bond motifs is 1. The van der Waals surface area contributed by atoms with E-state index in [1.54, 1.807) is 22.7 Å². The molecule has 3 nitrogen and oxygen atoms in total. The van der Waals surface area contributed by atoms with E-state index in [1.807, 2.05) is 16.8 Å². The van der Waals surface area contributed by atoms with Crippen LogP contribution in [0.2, 0.25) is 0 Å². The first-order chi connectivity index (χ1) is 8.28. The second kappa shape index (κ2) is 4.09. The zero-order chi connectivity index (χ0) is 11.8. The van der Waals surface area contributed by atoms with Crippen molar-refractivity contribution >= 4 is 38.7 Å². The van der Waals surface area contributed by atoms with Crippen LogP contribution in [0.25, 0.3) is 21.6 Å². The van der Waals surface area contributed by atoms with Crippen LogP contribution in [-0.2, 0) is 6.42 Å². The first-order valence-corrected chi connectivity index (χ1v) is 7.12. The number of aryl methyl sites for hydroxylation is 1. The predicted molar refractivity (Wildman–Crippen MR) is 74.5 cm³/mol. The van der Waals surface area contributed by atoms with Crippen LogP contribution in [-0.4, -0.2) is 9.97 Å². The third-order valence-corrected chi connectivity index (χ3v) is 4.46. The standard InChI is InChI=1S/C12H11N3S2/c1-2-8-5-9-10(13)14-11(15-12(9)17-8)7-3-4-16-6-7/h3-6H,2H2,1H3,(H2,13,14,15). The molecule has 0 amide bonds. The van der Waals surface area contributed by atoms with Gasteiger partial charge in [-0.3, -0.25) is 0 Å². The van der Waals surface area contributed by atoms with Gasteiger partial charge < -0.3 is 5.73 Å². The van der Waals surface area contributed by atoms with Gasteiger partial charge in [-0.15, -0.1) is 11.3 Å². The molecule has 0 radical (unpaired) electrons. The van der Waals surface area contributed by atoms with Gasteiger partial charge in [-0.2, -0.15) is 11.3 Å². The summed E-state index contributed by atoms with van der Waals surface area (Å²) in [4.78, 5) is 11.2. The highest BCUT2D eigenvalue weighted by Crippen LogP contribution is 2.30. The Bertz CT molecular complexity index is 656. The fourth-order valence-corrected chi connectivity index (χ4v) is 3.30. The summed E-state index contributed by atoms with van der Waals surface area (Å²) in [5.74, 6) is 1.30.